The molecule has 5 nitrogen and oxygen atoms in total. The molecule has 0 aromatic carbocycles. The summed E-state index contributed by atoms with van der Waals surface area (Å²) < 4.78 is 5.18. The first-order valence-corrected chi connectivity index (χ1v) is 5.85. The molecule has 1 heterocycles. The first-order valence-electron chi connectivity index (χ1n) is 5.85. The van der Waals surface area contributed by atoms with E-state index in [4.69, 9.17) is 9.84 Å². The van der Waals surface area contributed by atoms with Crippen molar-refractivity contribution >= 4 is 11.9 Å². The van der Waals surface area contributed by atoms with Crippen molar-refractivity contribution in [1.29, 1.82) is 0 Å². The molecule has 0 unspecified atom stereocenters. The lowest BCUT2D eigenvalue weighted by Crippen LogP contribution is -2.40. The minimum absolute atomic E-state index is 0.143. The summed E-state index contributed by atoms with van der Waals surface area (Å²) in [6.07, 6.45) is 3.94. The summed E-state index contributed by atoms with van der Waals surface area (Å²) >= 11 is 0. The van der Waals surface area contributed by atoms with Gasteiger partial charge >= 0.3 is 5.97 Å². The maximum Gasteiger partial charge on any atom is 0.332 e. The lowest BCUT2D eigenvalue weighted by molar-refractivity contribution is -0.151. The fourth-order valence-corrected chi connectivity index (χ4v) is 2.38. The van der Waals surface area contributed by atoms with Gasteiger partial charge in [-0.15, -0.1) is 0 Å². The zero-order chi connectivity index (χ0) is 11.5. The van der Waals surface area contributed by atoms with Gasteiger partial charge in [0.2, 0.25) is 5.91 Å². The van der Waals surface area contributed by atoms with Crippen molar-refractivity contribution in [2.75, 3.05) is 0 Å². The molecule has 2 aliphatic rings. The predicted octanol–water partition coefficient (Wildman–Crippen LogP) is 0.677. The molecule has 1 aliphatic carbocycles. The molecule has 2 fully saturated rings. The molecular formula is C11H17NO4. The molecule has 16 heavy (non-hydrogen) atoms. The number of rotatable bonds is 3. The minimum atomic E-state index is -0.976. The lowest BCUT2D eigenvalue weighted by atomic mass is 10.1. The van der Waals surface area contributed by atoms with Gasteiger partial charge in [-0.05, 0) is 25.7 Å². The van der Waals surface area contributed by atoms with Crippen LogP contribution in [0.2, 0.25) is 0 Å². The van der Waals surface area contributed by atoms with Gasteiger partial charge in [0.25, 0.3) is 0 Å². The topological polar surface area (TPSA) is 75.6 Å². The van der Waals surface area contributed by atoms with Gasteiger partial charge < -0.3 is 15.2 Å². The summed E-state index contributed by atoms with van der Waals surface area (Å²) in [6.45, 7) is 0. The summed E-state index contributed by atoms with van der Waals surface area (Å²) in [6, 6.07) is 0.264. The van der Waals surface area contributed by atoms with Crippen LogP contribution in [0.3, 0.4) is 0 Å². The number of carbonyl (C=O) groups excluding carboxylic acids is 1. The van der Waals surface area contributed by atoms with E-state index in [0.717, 1.165) is 25.7 Å². The smallest absolute Gasteiger partial charge is 0.332 e. The average Bonchev–Trinajstić information content (AvgIpc) is 2.86. The van der Waals surface area contributed by atoms with Gasteiger partial charge in [-0.1, -0.05) is 12.8 Å². The fourth-order valence-electron chi connectivity index (χ4n) is 2.38. The van der Waals surface area contributed by atoms with Gasteiger partial charge in [0.05, 0.1) is 0 Å². The van der Waals surface area contributed by atoms with Crippen LogP contribution >= 0.6 is 0 Å². The van der Waals surface area contributed by atoms with Crippen LogP contribution in [-0.4, -0.2) is 35.2 Å². The van der Waals surface area contributed by atoms with Crippen molar-refractivity contribution in [1.82, 2.24) is 5.32 Å². The Hall–Kier alpha value is -1.10. The Morgan fingerprint density at radius 2 is 1.69 bits per heavy atom. The van der Waals surface area contributed by atoms with Gasteiger partial charge in [0.1, 0.15) is 6.10 Å². The lowest BCUT2D eigenvalue weighted by Gasteiger charge is -2.16. The molecule has 0 radical (unpaired) electrons. The van der Waals surface area contributed by atoms with Crippen molar-refractivity contribution in [2.24, 2.45) is 0 Å². The summed E-state index contributed by atoms with van der Waals surface area (Å²) in [5, 5.41) is 11.7. The maximum atomic E-state index is 11.7. The maximum absolute atomic E-state index is 11.7. The highest BCUT2D eigenvalue weighted by Crippen LogP contribution is 2.22. The number of ether oxygens (including phenoxy) is 1. The zero-order valence-corrected chi connectivity index (χ0v) is 9.15. The van der Waals surface area contributed by atoms with Crippen LogP contribution in [0.15, 0.2) is 0 Å². The van der Waals surface area contributed by atoms with Crippen LogP contribution in [0, 0.1) is 0 Å². The van der Waals surface area contributed by atoms with E-state index < -0.39 is 18.2 Å². The molecule has 2 rings (SSSR count). The Morgan fingerprint density at radius 1 is 1.06 bits per heavy atom. The Morgan fingerprint density at radius 3 is 2.25 bits per heavy atom. The largest absolute Gasteiger partial charge is 0.479 e. The SMILES string of the molecule is O=C(NC1CCCC1)[C@@H]1CC[C@H](C(=O)O)O1. The molecular weight excluding hydrogens is 210 g/mol. The monoisotopic (exact) mass is 227 g/mol. The number of amides is 1. The van der Waals surface area contributed by atoms with Crippen LogP contribution in [0.1, 0.15) is 38.5 Å². The predicted molar refractivity (Wildman–Crippen MR) is 55.9 cm³/mol. The van der Waals surface area contributed by atoms with Gasteiger partial charge in [0, 0.05) is 6.04 Å². The third-order valence-corrected chi connectivity index (χ3v) is 3.29. The van der Waals surface area contributed by atoms with E-state index >= 15 is 0 Å². The number of carboxylic acid groups (broad SMARTS) is 1. The molecule has 2 atom stereocenters. The number of carbonyl (C=O) groups is 2. The normalized spacial score (nSPS) is 30.5. The van der Waals surface area contributed by atoms with Crippen molar-refractivity contribution in [2.45, 2.75) is 56.8 Å². The molecule has 0 aromatic rings. The second-order valence-corrected chi connectivity index (χ2v) is 4.52. The second kappa shape index (κ2) is 4.82. The molecule has 1 aliphatic heterocycles. The first-order chi connectivity index (χ1) is 7.66. The summed E-state index contributed by atoms with van der Waals surface area (Å²) in [7, 11) is 0. The van der Waals surface area contributed by atoms with Crippen molar-refractivity contribution in [3.05, 3.63) is 0 Å². The summed E-state index contributed by atoms with van der Waals surface area (Å²) in [5.41, 5.74) is 0. The zero-order valence-electron chi connectivity index (χ0n) is 9.15. The second-order valence-electron chi connectivity index (χ2n) is 4.52. The molecule has 2 N–H and O–H groups in total. The van der Waals surface area contributed by atoms with E-state index in [0.29, 0.717) is 12.8 Å². The van der Waals surface area contributed by atoms with E-state index in [1.165, 1.54) is 0 Å². The van der Waals surface area contributed by atoms with Gasteiger partial charge in [-0.3, -0.25) is 4.79 Å². The quantitative estimate of drug-likeness (QED) is 0.743. The standard InChI is InChI=1S/C11H17NO4/c13-10(12-7-3-1-2-4-7)8-5-6-9(16-8)11(14)15/h7-9H,1-6H2,(H,12,13)(H,14,15)/t8-,9+/m0/s1. The molecule has 0 bridgehead atoms. The molecule has 90 valence electrons. The first kappa shape index (κ1) is 11.4. The Labute approximate surface area is 94.2 Å². The van der Waals surface area contributed by atoms with E-state index in [1.807, 2.05) is 0 Å². The summed E-state index contributed by atoms with van der Waals surface area (Å²) in [4.78, 5) is 22.4. The molecule has 1 amide bonds. The molecule has 1 saturated carbocycles. The fraction of sp³-hybridized carbons (Fsp3) is 0.818. The molecule has 5 heteroatoms. The molecule has 0 spiro atoms. The van der Waals surface area contributed by atoms with Crippen molar-refractivity contribution < 1.29 is 19.4 Å². The Bertz CT molecular complexity index is 286. The van der Waals surface area contributed by atoms with E-state index in [-0.39, 0.29) is 11.9 Å². The van der Waals surface area contributed by atoms with Gasteiger partial charge in [0.15, 0.2) is 6.10 Å². The number of hydrogen-bond acceptors (Lipinski definition) is 3. The van der Waals surface area contributed by atoms with Crippen LogP contribution in [0.5, 0.6) is 0 Å². The van der Waals surface area contributed by atoms with Crippen LogP contribution < -0.4 is 5.32 Å². The highest BCUT2D eigenvalue weighted by molar-refractivity contribution is 5.82. The summed E-state index contributed by atoms with van der Waals surface area (Å²) in [5.74, 6) is -1.12. The third-order valence-electron chi connectivity index (χ3n) is 3.29. The molecule has 0 aromatic heterocycles. The van der Waals surface area contributed by atoms with Crippen LogP contribution in [-0.2, 0) is 14.3 Å². The number of nitrogens with one attached hydrogen (secondary N) is 1. The van der Waals surface area contributed by atoms with E-state index in [9.17, 15) is 9.59 Å². The number of carboxylic acids is 1. The van der Waals surface area contributed by atoms with Gasteiger partial charge in [-0.25, -0.2) is 4.79 Å². The van der Waals surface area contributed by atoms with Crippen molar-refractivity contribution in [3.63, 3.8) is 0 Å². The van der Waals surface area contributed by atoms with Gasteiger partial charge in [-0.2, -0.15) is 0 Å². The van der Waals surface area contributed by atoms with E-state index in [2.05, 4.69) is 5.32 Å². The number of aliphatic carboxylic acids is 1. The van der Waals surface area contributed by atoms with Crippen LogP contribution in [0.4, 0.5) is 0 Å². The minimum Gasteiger partial charge on any atom is -0.479 e. The molecule has 1 saturated heterocycles. The highest BCUT2D eigenvalue weighted by atomic mass is 16.5. The number of hydrogen-bond donors (Lipinski definition) is 2. The Balaban J connectivity index is 1.79. The van der Waals surface area contributed by atoms with E-state index in [1.54, 1.807) is 0 Å². The Kier molecular flexibility index (Phi) is 3.43. The van der Waals surface area contributed by atoms with Crippen LogP contribution in [0.25, 0.3) is 0 Å². The average molecular weight is 227 g/mol. The highest BCUT2D eigenvalue weighted by Gasteiger charge is 2.35. The third kappa shape index (κ3) is 2.52. The van der Waals surface area contributed by atoms with Crippen molar-refractivity contribution in [3.8, 4) is 0 Å².